The van der Waals surface area contributed by atoms with Crippen LogP contribution in [0.5, 0.6) is 0 Å². The van der Waals surface area contributed by atoms with Crippen molar-refractivity contribution in [3.05, 3.63) is 0 Å². The predicted octanol–water partition coefficient (Wildman–Crippen LogP) is 1.04. The van der Waals surface area contributed by atoms with Gasteiger partial charge in [0.1, 0.15) is 9.84 Å². The third kappa shape index (κ3) is 6.94. The third-order valence-corrected chi connectivity index (χ3v) is 5.59. The molecule has 0 spiro atoms. The van der Waals surface area contributed by atoms with Crippen LogP contribution in [0, 0.1) is 5.92 Å². The van der Waals surface area contributed by atoms with Gasteiger partial charge in [0, 0.05) is 25.9 Å². The van der Waals surface area contributed by atoms with E-state index in [-0.39, 0.29) is 24.5 Å². The van der Waals surface area contributed by atoms with Crippen molar-refractivity contribution in [3.63, 3.8) is 0 Å². The van der Waals surface area contributed by atoms with Gasteiger partial charge in [0.15, 0.2) is 0 Å². The van der Waals surface area contributed by atoms with Gasteiger partial charge in [-0.15, -0.1) is 0 Å². The van der Waals surface area contributed by atoms with Crippen molar-refractivity contribution >= 4 is 15.9 Å². The van der Waals surface area contributed by atoms with Gasteiger partial charge in [-0.2, -0.15) is 0 Å². The number of sulfone groups is 1. The first-order valence-electron chi connectivity index (χ1n) is 8.85. The highest BCUT2D eigenvalue weighted by Crippen LogP contribution is 2.29. The topological polar surface area (TPSA) is 84.9 Å². The number of rotatable bonds is 7. The molecule has 2 amide bonds. The van der Waals surface area contributed by atoms with E-state index in [0.717, 1.165) is 0 Å². The number of morpholine rings is 1. The number of hydrogen-bond donors (Lipinski definition) is 1. The molecule has 0 bridgehead atoms. The lowest BCUT2D eigenvalue weighted by molar-refractivity contribution is -0.0525. The highest BCUT2D eigenvalue weighted by Gasteiger charge is 2.30. The van der Waals surface area contributed by atoms with Crippen molar-refractivity contribution in [2.75, 3.05) is 51.5 Å². The van der Waals surface area contributed by atoms with E-state index in [2.05, 4.69) is 5.32 Å². The standard InChI is InChI=1S/C16H30N2O5S/c1-24(20,21)12-11-22-9-7-17-16(19)18-8-10-23-15(13-18)14-5-3-2-4-6-14/h14-15H,2-13H2,1H3,(H,17,19). The Morgan fingerprint density at radius 2 is 2.00 bits per heavy atom. The molecule has 1 saturated heterocycles. The molecule has 1 atom stereocenters. The van der Waals surface area contributed by atoms with E-state index in [1.165, 1.54) is 38.4 Å². The number of nitrogens with zero attached hydrogens (tertiary/aromatic N) is 1. The Balaban J connectivity index is 1.62. The monoisotopic (exact) mass is 362 g/mol. The second kappa shape index (κ2) is 9.58. The highest BCUT2D eigenvalue weighted by molar-refractivity contribution is 7.90. The van der Waals surface area contributed by atoms with Gasteiger partial charge in [-0.1, -0.05) is 19.3 Å². The molecule has 1 N–H and O–H groups in total. The highest BCUT2D eigenvalue weighted by atomic mass is 32.2. The van der Waals surface area contributed by atoms with Crippen LogP contribution in [-0.2, 0) is 19.3 Å². The molecular formula is C16H30N2O5S. The summed E-state index contributed by atoms with van der Waals surface area (Å²) in [5.41, 5.74) is 0. The first-order chi connectivity index (χ1) is 11.5. The number of carbonyl (C=O) groups is 1. The molecule has 0 aromatic carbocycles. The zero-order chi connectivity index (χ0) is 17.4. The molecular weight excluding hydrogens is 332 g/mol. The molecule has 24 heavy (non-hydrogen) atoms. The van der Waals surface area contributed by atoms with Crippen molar-refractivity contribution in [1.82, 2.24) is 10.2 Å². The lowest BCUT2D eigenvalue weighted by Crippen LogP contribution is -2.52. The van der Waals surface area contributed by atoms with E-state index >= 15 is 0 Å². The van der Waals surface area contributed by atoms with Gasteiger partial charge in [0.2, 0.25) is 0 Å². The molecule has 2 fully saturated rings. The minimum atomic E-state index is -3.00. The Bertz CT molecular complexity index is 491. The average Bonchev–Trinajstić information content (AvgIpc) is 2.58. The minimum Gasteiger partial charge on any atom is -0.379 e. The zero-order valence-electron chi connectivity index (χ0n) is 14.5. The van der Waals surface area contributed by atoms with E-state index in [0.29, 0.717) is 38.8 Å². The maximum atomic E-state index is 12.2. The van der Waals surface area contributed by atoms with Crippen LogP contribution < -0.4 is 5.32 Å². The van der Waals surface area contributed by atoms with Crippen LogP contribution in [0.4, 0.5) is 4.79 Å². The molecule has 1 saturated carbocycles. The van der Waals surface area contributed by atoms with Gasteiger partial charge in [0.05, 0.1) is 31.7 Å². The maximum Gasteiger partial charge on any atom is 0.317 e. The molecule has 0 aromatic rings. The van der Waals surface area contributed by atoms with Crippen LogP contribution in [-0.4, -0.2) is 76.9 Å². The van der Waals surface area contributed by atoms with E-state index in [1.807, 2.05) is 4.90 Å². The van der Waals surface area contributed by atoms with Crippen molar-refractivity contribution in [2.24, 2.45) is 5.92 Å². The SMILES string of the molecule is CS(=O)(=O)CCOCCNC(=O)N1CCOC(C2CCCCC2)C1. The first kappa shape index (κ1) is 19.5. The summed E-state index contributed by atoms with van der Waals surface area (Å²) >= 11 is 0. The largest absolute Gasteiger partial charge is 0.379 e. The van der Waals surface area contributed by atoms with E-state index in [4.69, 9.17) is 9.47 Å². The van der Waals surface area contributed by atoms with Crippen LogP contribution in [0.2, 0.25) is 0 Å². The third-order valence-electron chi connectivity index (χ3n) is 4.68. The molecule has 2 rings (SSSR count). The molecule has 1 heterocycles. The lowest BCUT2D eigenvalue weighted by Gasteiger charge is -2.38. The fourth-order valence-electron chi connectivity index (χ4n) is 3.31. The molecule has 0 aromatic heterocycles. The van der Waals surface area contributed by atoms with E-state index < -0.39 is 9.84 Å². The summed E-state index contributed by atoms with van der Waals surface area (Å²) in [4.78, 5) is 14.0. The summed E-state index contributed by atoms with van der Waals surface area (Å²) in [5.74, 6) is 0.585. The molecule has 2 aliphatic rings. The second-order valence-electron chi connectivity index (χ2n) is 6.73. The molecule has 1 aliphatic heterocycles. The van der Waals surface area contributed by atoms with Crippen molar-refractivity contribution in [1.29, 1.82) is 0 Å². The summed E-state index contributed by atoms with van der Waals surface area (Å²) in [7, 11) is -3.00. The van der Waals surface area contributed by atoms with Crippen LogP contribution >= 0.6 is 0 Å². The molecule has 1 aliphatic carbocycles. The van der Waals surface area contributed by atoms with Gasteiger partial charge < -0.3 is 19.7 Å². The number of ether oxygens (including phenoxy) is 2. The Kier molecular flexibility index (Phi) is 7.77. The van der Waals surface area contributed by atoms with Crippen LogP contribution in [0.25, 0.3) is 0 Å². The van der Waals surface area contributed by atoms with Crippen LogP contribution in [0.1, 0.15) is 32.1 Å². The second-order valence-corrected chi connectivity index (χ2v) is 8.99. The summed E-state index contributed by atoms with van der Waals surface area (Å²) < 4.78 is 33.1. The summed E-state index contributed by atoms with van der Waals surface area (Å²) in [6, 6.07) is -0.0918. The smallest absolute Gasteiger partial charge is 0.317 e. The fourth-order valence-corrected chi connectivity index (χ4v) is 3.73. The quantitative estimate of drug-likeness (QED) is 0.684. The summed E-state index contributed by atoms with van der Waals surface area (Å²) in [6.45, 7) is 2.73. The number of hydrogen-bond acceptors (Lipinski definition) is 5. The van der Waals surface area contributed by atoms with Crippen molar-refractivity contribution in [2.45, 2.75) is 38.2 Å². The number of urea groups is 1. The summed E-state index contributed by atoms with van der Waals surface area (Å²) in [6.07, 6.45) is 7.59. The Labute approximate surface area is 145 Å². The number of amides is 2. The van der Waals surface area contributed by atoms with Gasteiger partial charge >= 0.3 is 6.03 Å². The maximum absolute atomic E-state index is 12.2. The van der Waals surface area contributed by atoms with Crippen molar-refractivity contribution < 1.29 is 22.7 Å². The van der Waals surface area contributed by atoms with Crippen molar-refractivity contribution in [3.8, 4) is 0 Å². The Morgan fingerprint density at radius 1 is 1.25 bits per heavy atom. The molecule has 140 valence electrons. The normalized spacial score (nSPS) is 23.2. The van der Waals surface area contributed by atoms with E-state index in [9.17, 15) is 13.2 Å². The van der Waals surface area contributed by atoms with Gasteiger partial charge in [-0.05, 0) is 18.8 Å². The van der Waals surface area contributed by atoms with Gasteiger partial charge in [-0.25, -0.2) is 13.2 Å². The molecule has 0 radical (unpaired) electrons. The Hall–Kier alpha value is -0.860. The molecule has 8 heteroatoms. The zero-order valence-corrected chi connectivity index (χ0v) is 15.4. The minimum absolute atomic E-state index is 0.00742. The van der Waals surface area contributed by atoms with Crippen LogP contribution in [0.3, 0.4) is 0 Å². The Morgan fingerprint density at radius 3 is 2.71 bits per heavy atom. The summed E-state index contributed by atoms with van der Waals surface area (Å²) in [5, 5.41) is 2.83. The number of nitrogens with one attached hydrogen (secondary N) is 1. The van der Waals surface area contributed by atoms with E-state index in [1.54, 1.807) is 0 Å². The lowest BCUT2D eigenvalue weighted by atomic mass is 9.84. The first-order valence-corrected chi connectivity index (χ1v) is 10.9. The van der Waals surface area contributed by atoms with Gasteiger partial charge in [0.25, 0.3) is 0 Å². The number of carbonyl (C=O) groups excluding carboxylic acids is 1. The predicted molar refractivity (Wildman–Crippen MR) is 91.8 cm³/mol. The molecule has 1 unspecified atom stereocenters. The average molecular weight is 362 g/mol. The fraction of sp³-hybridized carbons (Fsp3) is 0.938. The van der Waals surface area contributed by atoms with Gasteiger partial charge in [-0.3, -0.25) is 0 Å². The molecule has 7 nitrogen and oxygen atoms in total. The van der Waals surface area contributed by atoms with Crippen LogP contribution in [0.15, 0.2) is 0 Å².